The molecule has 0 spiro atoms. The van der Waals surface area contributed by atoms with Gasteiger partial charge in [0.25, 0.3) is 0 Å². The lowest BCUT2D eigenvalue weighted by atomic mass is 9.65. The summed E-state index contributed by atoms with van der Waals surface area (Å²) < 4.78 is 11.6. The molecule has 2 heterocycles. The molecule has 2 bridgehead atoms. The first-order valence-corrected chi connectivity index (χ1v) is 6.90. The van der Waals surface area contributed by atoms with Crippen LogP contribution in [0.5, 0.6) is 0 Å². The van der Waals surface area contributed by atoms with Crippen LogP contribution in [0, 0.1) is 5.92 Å². The van der Waals surface area contributed by atoms with Crippen molar-refractivity contribution in [2.45, 2.75) is 71.2 Å². The molecule has 3 aliphatic rings. The molecule has 0 aromatic heterocycles. The quantitative estimate of drug-likeness (QED) is 0.571. The van der Waals surface area contributed by atoms with Crippen molar-refractivity contribution in [1.82, 2.24) is 0 Å². The van der Waals surface area contributed by atoms with Gasteiger partial charge in [-0.25, -0.2) is 0 Å². The van der Waals surface area contributed by atoms with Crippen molar-refractivity contribution in [3.8, 4) is 0 Å². The molecule has 102 valence electrons. The summed E-state index contributed by atoms with van der Waals surface area (Å²) in [6, 6.07) is 0. The van der Waals surface area contributed by atoms with Crippen LogP contribution in [0.4, 0.5) is 0 Å². The minimum Gasteiger partial charge on any atom is -0.498 e. The molecule has 3 fully saturated rings. The van der Waals surface area contributed by atoms with Crippen molar-refractivity contribution in [3.63, 3.8) is 0 Å². The largest absolute Gasteiger partial charge is 0.498 e. The third-order valence-corrected chi connectivity index (χ3v) is 4.36. The van der Waals surface area contributed by atoms with Crippen LogP contribution in [-0.4, -0.2) is 23.1 Å². The van der Waals surface area contributed by atoms with Crippen LogP contribution in [-0.2, 0) is 14.3 Å². The van der Waals surface area contributed by atoms with Gasteiger partial charge < -0.3 is 9.47 Å². The monoisotopic (exact) mass is 252 g/mol. The number of Topliss-reactive ketones (excluding diaryl/α,β-unsaturated/α-hetero) is 1. The molecule has 3 atom stereocenters. The Morgan fingerprint density at radius 3 is 2.72 bits per heavy atom. The van der Waals surface area contributed by atoms with E-state index in [0.717, 1.165) is 24.8 Å². The van der Waals surface area contributed by atoms with E-state index in [1.54, 1.807) is 6.26 Å². The highest BCUT2D eigenvalue weighted by Crippen LogP contribution is 2.50. The second-order valence-corrected chi connectivity index (χ2v) is 6.28. The van der Waals surface area contributed by atoms with Gasteiger partial charge in [0.15, 0.2) is 5.78 Å². The number of ether oxygens (including phenoxy) is 2. The maximum atomic E-state index is 12.4. The van der Waals surface area contributed by atoms with E-state index in [1.807, 2.05) is 13.8 Å². The van der Waals surface area contributed by atoms with Gasteiger partial charge in [-0.2, -0.15) is 0 Å². The maximum absolute atomic E-state index is 12.4. The Morgan fingerprint density at radius 1 is 1.50 bits per heavy atom. The van der Waals surface area contributed by atoms with Gasteiger partial charge in [0, 0.05) is 11.5 Å². The van der Waals surface area contributed by atoms with E-state index in [2.05, 4.69) is 20.8 Å². The molecule has 0 aromatic carbocycles. The molecule has 3 heteroatoms. The van der Waals surface area contributed by atoms with E-state index in [1.165, 1.54) is 0 Å². The van der Waals surface area contributed by atoms with Gasteiger partial charge in [-0.3, -0.25) is 4.79 Å². The molecule has 1 aliphatic carbocycles. The predicted octanol–water partition coefficient (Wildman–Crippen LogP) is 3.23. The second kappa shape index (κ2) is 4.37. The average molecular weight is 252 g/mol. The van der Waals surface area contributed by atoms with Crippen LogP contribution in [0.3, 0.4) is 0 Å². The van der Waals surface area contributed by atoms with Gasteiger partial charge in [-0.1, -0.05) is 6.92 Å². The molecular weight excluding hydrogens is 228 g/mol. The molecule has 0 amide bonds. The van der Waals surface area contributed by atoms with Crippen molar-refractivity contribution in [2.75, 3.05) is 0 Å². The summed E-state index contributed by atoms with van der Waals surface area (Å²) in [5.74, 6) is 0.275. The van der Waals surface area contributed by atoms with Gasteiger partial charge in [-0.05, 0) is 47.0 Å². The summed E-state index contributed by atoms with van der Waals surface area (Å²) in [6.45, 7) is 10.1. The van der Waals surface area contributed by atoms with E-state index >= 15 is 0 Å². The number of ketones is 1. The highest BCUT2D eigenvalue weighted by Gasteiger charge is 2.56. The van der Waals surface area contributed by atoms with Gasteiger partial charge in [0.1, 0.15) is 5.60 Å². The summed E-state index contributed by atoms with van der Waals surface area (Å²) in [5.41, 5.74) is -0.102. The fourth-order valence-electron chi connectivity index (χ4n) is 3.04. The van der Waals surface area contributed by atoms with Crippen molar-refractivity contribution < 1.29 is 14.3 Å². The Labute approximate surface area is 110 Å². The standard InChI is InChI=1S/C15H24O3/c1-6-10(2)17-9-11-12-7-8-15(5,13(11)16)18-14(12,3)4/h9-10,12H,6-8H2,1-5H3/b11-9-. The maximum Gasteiger partial charge on any atom is 0.193 e. The van der Waals surface area contributed by atoms with Crippen molar-refractivity contribution in [3.05, 3.63) is 11.8 Å². The SMILES string of the molecule is CCC(C)O/C=C1\C(=O)C2(C)CCC1C(C)(C)O2. The summed E-state index contributed by atoms with van der Waals surface area (Å²) >= 11 is 0. The number of hydrogen-bond acceptors (Lipinski definition) is 3. The molecule has 0 radical (unpaired) electrons. The van der Waals surface area contributed by atoms with E-state index in [4.69, 9.17) is 9.47 Å². The van der Waals surface area contributed by atoms with Gasteiger partial charge in [0.05, 0.1) is 18.0 Å². The molecule has 0 aromatic rings. The average Bonchev–Trinajstić information content (AvgIpc) is 2.28. The summed E-state index contributed by atoms with van der Waals surface area (Å²) in [5, 5.41) is 0. The topological polar surface area (TPSA) is 35.5 Å². The third kappa shape index (κ3) is 2.09. The molecule has 2 aliphatic heterocycles. The molecule has 0 N–H and O–H groups in total. The van der Waals surface area contributed by atoms with E-state index < -0.39 is 5.60 Å². The number of rotatable bonds is 3. The normalized spacial score (nSPS) is 37.9. The molecule has 18 heavy (non-hydrogen) atoms. The van der Waals surface area contributed by atoms with Crippen LogP contribution < -0.4 is 0 Å². The van der Waals surface area contributed by atoms with Gasteiger partial charge in [-0.15, -0.1) is 0 Å². The highest BCUT2D eigenvalue weighted by molar-refractivity contribution is 6.03. The Balaban J connectivity index is 2.27. The smallest absolute Gasteiger partial charge is 0.193 e. The lowest BCUT2D eigenvalue weighted by molar-refractivity contribution is -0.207. The first kappa shape index (κ1) is 13.6. The van der Waals surface area contributed by atoms with Crippen LogP contribution in [0.25, 0.3) is 0 Å². The van der Waals surface area contributed by atoms with E-state index in [-0.39, 0.29) is 23.4 Å². The Kier molecular flexibility index (Phi) is 3.30. The van der Waals surface area contributed by atoms with Crippen LogP contribution in [0.15, 0.2) is 11.8 Å². The minimum absolute atomic E-state index is 0.112. The molecule has 3 nitrogen and oxygen atoms in total. The number of hydrogen-bond donors (Lipinski definition) is 0. The lowest BCUT2D eigenvalue weighted by Crippen LogP contribution is -2.60. The van der Waals surface area contributed by atoms with Crippen LogP contribution >= 0.6 is 0 Å². The second-order valence-electron chi connectivity index (χ2n) is 6.28. The van der Waals surface area contributed by atoms with Gasteiger partial charge >= 0.3 is 0 Å². The summed E-state index contributed by atoms with van der Waals surface area (Å²) in [6.07, 6.45) is 4.62. The molecular formula is C15H24O3. The zero-order valence-corrected chi connectivity index (χ0v) is 12.1. The Bertz CT molecular complexity index is 383. The minimum atomic E-state index is -0.650. The molecule has 3 rings (SSSR count). The van der Waals surface area contributed by atoms with E-state index in [0.29, 0.717) is 0 Å². The van der Waals surface area contributed by atoms with Crippen molar-refractivity contribution in [2.24, 2.45) is 5.92 Å². The molecule has 3 unspecified atom stereocenters. The first-order chi connectivity index (χ1) is 8.30. The summed E-state index contributed by atoms with van der Waals surface area (Å²) in [7, 11) is 0. The van der Waals surface area contributed by atoms with E-state index in [9.17, 15) is 4.79 Å². The fraction of sp³-hybridized carbons (Fsp3) is 0.800. The van der Waals surface area contributed by atoms with Crippen LogP contribution in [0.1, 0.15) is 53.9 Å². The predicted molar refractivity (Wildman–Crippen MR) is 70.2 cm³/mol. The Hall–Kier alpha value is -0.830. The highest BCUT2D eigenvalue weighted by atomic mass is 16.5. The Morgan fingerprint density at radius 2 is 2.17 bits per heavy atom. The lowest BCUT2D eigenvalue weighted by Gasteiger charge is -2.53. The van der Waals surface area contributed by atoms with Crippen LogP contribution in [0.2, 0.25) is 0 Å². The number of fused-ring (bicyclic) bond motifs is 3. The van der Waals surface area contributed by atoms with Crippen molar-refractivity contribution >= 4 is 5.78 Å². The van der Waals surface area contributed by atoms with Gasteiger partial charge in [0.2, 0.25) is 0 Å². The molecule has 2 saturated heterocycles. The zero-order chi connectivity index (χ0) is 13.6. The zero-order valence-electron chi connectivity index (χ0n) is 12.1. The number of carbonyl (C=O) groups excluding carboxylic acids is 1. The first-order valence-electron chi connectivity index (χ1n) is 6.90. The third-order valence-electron chi connectivity index (χ3n) is 4.36. The summed E-state index contributed by atoms with van der Waals surface area (Å²) in [4.78, 5) is 12.4. The molecule has 1 saturated carbocycles. The van der Waals surface area contributed by atoms with Crippen molar-refractivity contribution in [1.29, 1.82) is 0 Å². The number of carbonyl (C=O) groups is 1. The fourth-order valence-corrected chi connectivity index (χ4v) is 3.04.